The van der Waals surface area contributed by atoms with Gasteiger partial charge >= 0.3 is 0 Å². The second-order valence-corrected chi connectivity index (χ2v) is 14.1. The van der Waals surface area contributed by atoms with Crippen molar-refractivity contribution in [1.29, 1.82) is 0 Å². The molecule has 0 fully saturated rings. The fourth-order valence-electron chi connectivity index (χ4n) is 8.43. The maximum atomic E-state index is 6.55. The van der Waals surface area contributed by atoms with Crippen molar-refractivity contribution >= 4 is 76.6 Å². The highest BCUT2D eigenvalue weighted by Gasteiger charge is 2.22. The van der Waals surface area contributed by atoms with Gasteiger partial charge in [-0.15, -0.1) is 0 Å². The van der Waals surface area contributed by atoms with E-state index in [-0.39, 0.29) is 0 Å². The summed E-state index contributed by atoms with van der Waals surface area (Å²) in [5.41, 5.74) is 12.1. The van der Waals surface area contributed by atoms with Gasteiger partial charge in [-0.1, -0.05) is 121 Å². The minimum absolute atomic E-state index is 0.614. The van der Waals surface area contributed by atoms with Gasteiger partial charge < -0.3 is 13.4 Å². The van der Waals surface area contributed by atoms with Crippen LogP contribution in [0.3, 0.4) is 0 Å². The van der Waals surface area contributed by atoms with E-state index in [9.17, 15) is 0 Å². The zero-order valence-electron chi connectivity index (χ0n) is 29.4. The van der Waals surface area contributed by atoms with E-state index in [0.29, 0.717) is 11.4 Å². The molecule has 0 atom stereocenters. The Kier molecular flexibility index (Phi) is 6.27. The molecule has 0 unspecified atom stereocenters. The molecule has 0 bridgehead atoms. The van der Waals surface area contributed by atoms with Gasteiger partial charge in [0.05, 0.1) is 11.0 Å². The van der Waals surface area contributed by atoms with Gasteiger partial charge in [0.25, 0.3) is 0 Å². The molecule has 0 radical (unpaired) electrons. The minimum Gasteiger partial charge on any atom is -0.456 e. The molecule has 8 aromatic carbocycles. The minimum atomic E-state index is 0.614. The average Bonchev–Trinajstić information content (AvgIpc) is 3.92. The Labute approximate surface area is 314 Å². The van der Waals surface area contributed by atoms with Crippen molar-refractivity contribution in [2.45, 2.75) is 0 Å². The van der Waals surface area contributed by atoms with Crippen LogP contribution in [0.5, 0.6) is 0 Å². The molecule has 0 aliphatic heterocycles. The van der Waals surface area contributed by atoms with E-state index in [1.807, 2.05) is 36.4 Å². The molecule has 0 saturated carbocycles. The summed E-state index contributed by atoms with van der Waals surface area (Å²) < 4.78 is 15.4. The first-order valence-corrected chi connectivity index (χ1v) is 18.5. The molecule has 55 heavy (non-hydrogen) atoms. The van der Waals surface area contributed by atoms with E-state index in [0.717, 1.165) is 77.5 Å². The molecule has 0 spiro atoms. The van der Waals surface area contributed by atoms with Gasteiger partial charge in [0.15, 0.2) is 11.4 Å². The third kappa shape index (κ3) is 4.53. The van der Waals surface area contributed by atoms with Crippen molar-refractivity contribution in [1.82, 2.24) is 14.5 Å². The van der Waals surface area contributed by atoms with E-state index < -0.39 is 0 Å². The molecular weight excluding hydrogens is 675 g/mol. The smallest absolute Gasteiger partial charge is 0.180 e. The van der Waals surface area contributed by atoms with Crippen LogP contribution in [0.25, 0.3) is 116 Å². The Balaban J connectivity index is 1.09. The number of hydrogen-bond acceptors (Lipinski definition) is 4. The van der Waals surface area contributed by atoms with Crippen LogP contribution in [-0.2, 0) is 0 Å². The maximum Gasteiger partial charge on any atom is 0.180 e. The first-order valence-electron chi connectivity index (χ1n) is 18.5. The van der Waals surface area contributed by atoms with Crippen molar-refractivity contribution in [2.24, 2.45) is 0 Å². The van der Waals surface area contributed by atoms with Gasteiger partial charge in [-0.3, -0.25) is 0 Å². The number of furan rings is 2. The van der Waals surface area contributed by atoms with Crippen LogP contribution in [0, 0.1) is 0 Å². The summed E-state index contributed by atoms with van der Waals surface area (Å²) in [4.78, 5) is 10.6. The highest BCUT2D eigenvalue weighted by atomic mass is 16.3. The molecule has 5 nitrogen and oxygen atoms in total. The Morgan fingerprint density at radius 3 is 1.98 bits per heavy atom. The van der Waals surface area contributed by atoms with Crippen molar-refractivity contribution in [3.63, 3.8) is 0 Å². The van der Waals surface area contributed by atoms with Gasteiger partial charge in [-0.05, 0) is 76.5 Å². The van der Waals surface area contributed by atoms with E-state index in [1.165, 1.54) is 27.1 Å². The van der Waals surface area contributed by atoms with Crippen LogP contribution in [0.1, 0.15) is 0 Å². The normalized spacial score (nSPS) is 12.0. The molecule has 0 N–H and O–H groups in total. The van der Waals surface area contributed by atoms with Crippen molar-refractivity contribution in [3.05, 3.63) is 176 Å². The van der Waals surface area contributed by atoms with E-state index in [2.05, 4.69) is 144 Å². The lowest BCUT2D eigenvalue weighted by Crippen LogP contribution is -1.95. The van der Waals surface area contributed by atoms with Crippen LogP contribution in [-0.4, -0.2) is 14.5 Å². The van der Waals surface area contributed by atoms with Crippen molar-refractivity contribution in [3.8, 4) is 39.5 Å². The van der Waals surface area contributed by atoms with Crippen LogP contribution < -0.4 is 0 Å². The molecule has 4 heterocycles. The number of fused-ring (bicyclic) bond motifs is 10. The van der Waals surface area contributed by atoms with Crippen molar-refractivity contribution in [2.75, 3.05) is 0 Å². The Hall–Kier alpha value is -7.50. The van der Waals surface area contributed by atoms with Gasteiger partial charge in [0.2, 0.25) is 0 Å². The molecule has 0 amide bonds. The standard InChI is InChI=1S/C50H29N3O2/c1-2-11-30(12-3-1)31-21-23-32(24-22-31)47-49-48(37-16-7-9-19-43(37)55-49)52-50(51-47)38-17-10-20-45-46(38)40-29-35(25-26-44(40)54-45)53-41-18-8-6-15-36(41)39-27-33-13-4-5-14-34(33)28-42(39)53/h1-29H. The molecule has 0 aliphatic rings. The lowest BCUT2D eigenvalue weighted by Gasteiger charge is -2.10. The number of rotatable bonds is 4. The second-order valence-electron chi connectivity index (χ2n) is 14.1. The summed E-state index contributed by atoms with van der Waals surface area (Å²) in [5, 5.41) is 7.82. The van der Waals surface area contributed by atoms with Crippen LogP contribution in [0.4, 0.5) is 0 Å². The lowest BCUT2D eigenvalue weighted by molar-refractivity contribution is 0.667. The zero-order valence-corrected chi connectivity index (χ0v) is 29.4. The third-order valence-electron chi connectivity index (χ3n) is 11.0. The summed E-state index contributed by atoms with van der Waals surface area (Å²) in [6.45, 7) is 0. The van der Waals surface area contributed by atoms with E-state index >= 15 is 0 Å². The van der Waals surface area contributed by atoms with Crippen LogP contribution in [0.2, 0.25) is 0 Å². The SMILES string of the molecule is c1ccc(-c2ccc(-c3nc(-c4cccc5oc6ccc(-n7c8ccccc8c8cc9ccccc9cc87)cc6c45)nc4c3oc3ccccc34)cc2)cc1. The molecule has 5 heteroatoms. The summed E-state index contributed by atoms with van der Waals surface area (Å²) in [7, 11) is 0. The summed E-state index contributed by atoms with van der Waals surface area (Å²) in [5.74, 6) is 0.614. The molecule has 4 aromatic heterocycles. The Bertz CT molecular complexity index is 3480. The van der Waals surface area contributed by atoms with Gasteiger partial charge in [-0.2, -0.15) is 0 Å². The first-order chi connectivity index (χ1) is 27.2. The summed E-state index contributed by atoms with van der Waals surface area (Å²) >= 11 is 0. The molecule has 256 valence electrons. The summed E-state index contributed by atoms with van der Waals surface area (Å²) in [6.07, 6.45) is 0. The summed E-state index contributed by atoms with van der Waals surface area (Å²) in [6, 6.07) is 61.5. The Morgan fingerprint density at radius 2 is 1.11 bits per heavy atom. The number of hydrogen-bond donors (Lipinski definition) is 0. The highest BCUT2D eigenvalue weighted by molar-refractivity contribution is 6.16. The largest absolute Gasteiger partial charge is 0.456 e. The van der Waals surface area contributed by atoms with E-state index in [4.69, 9.17) is 18.8 Å². The third-order valence-corrected chi connectivity index (χ3v) is 11.0. The predicted octanol–water partition coefficient (Wildman–Crippen LogP) is 13.5. The average molecular weight is 704 g/mol. The van der Waals surface area contributed by atoms with Gasteiger partial charge in [0, 0.05) is 43.7 Å². The second kappa shape index (κ2) is 11.5. The fourth-order valence-corrected chi connectivity index (χ4v) is 8.43. The number of nitrogens with zero attached hydrogens (tertiary/aromatic N) is 3. The highest BCUT2D eigenvalue weighted by Crippen LogP contribution is 2.42. The maximum absolute atomic E-state index is 6.55. The fraction of sp³-hybridized carbons (Fsp3) is 0. The quantitative estimate of drug-likeness (QED) is 0.183. The topological polar surface area (TPSA) is 57.0 Å². The van der Waals surface area contributed by atoms with Crippen molar-refractivity contribution < 1.29 is 8.83 Å². The van der Waals surface area contributed by atoms with Gasteiger partial charge in [-0.25, -0.2) is 9.97 Å². The van der Waals surface area contributed by atoms with E-state index in [1.54, 1.807) is 0 Å². The zero-order chi connectivity index (χ0) is 36.0. The van der Waals surface area contributed by atoms with Crippen LogP contribution >= 0.6 is 0 Å². The first kappa shape index (κ1) is 30.0. The van der Waals surface area contributed by atoms with Crippen LogP contribution in [0.15, 0.2) is 185 Å². The number of aromatic nitrogens is 3. The predicted molar refractivity (Wildman–Crippen MR) is 225 cm³/mol. The molecule has 12 aromatic rings. The Morgan fingerprint density at radius 1 is 0.418 bits per heavy atom. The molecular formula is C50H29N3O2. The van der Waals surface area contributed by atoms with Gasteiger partial charge in [0.1, 0.15) is 28.0 Å². The molecule has 0 aliphatic carbocycles. The molecule has 0 saturated heterocycles. The number of para-hydroxylation sites is 2. The molecule has 12 rings (SSSR count). The monoisotopic (exact) mass is 703 g/mol. The number of benzene rings is 8. The lowest BCUT2D eigenvalue weighted by atomic mass is 10.0.